The Morgan fingerprint density at radius 3 is 2.88 bits per heavy atom. The van der Waals surface area contributed by atoms with Gasteiger partial charge < -0.3 is 19.3 Å². The van der Waals surface area contributed by atoms with Crippen LogP contribution >= 0.6 is 0 Å². The maximum atomic E-state index is 12.1. The Kier molecular flexibility index (Phi) is 3.14. The average molecular weight is 238 g/mol. The normalized spacial score (nSPS) is 20.3. The second-order valence-electron chi connectivity index (χ2n) is 3.95. The van der Waals surface area contributed by atoms with Gasteiger partial charge in [0.1, 0.15) is 5.69 Å². The van der Waals surface area contributed by atoms with E-state index >= 15 is 0 Å². The number of nitrogens with zero attached hydrogens (tertiary/aromatic N) is 2. The molecule has 1 amide bonds. The van der Waals surface area contributed by atoms with Gasteiger partial charge in [-0.05, 0) is 12.1 Å². The SMILES string of the molecule is Cn1cccc1C(=O)N1CCOC(C(=O)O)C1. The number of carbonyl (C=O) groups is 2. The Balaban J connectivity index is 2.10. The summed E-state index contributed by atoms with van der Waals surface area (Å²) in [6.07, 6.45) is 0.857. The molecule has 1 aliphatic rings. The van der Waals surface area contributed by atoms with Crippen LogP contribution in [0.5, 0.6) is 0 Å². The van der Waals surface area contributed by atoms with Gasteiger partial charge in [0.15, 0.2) is 6.10 Å². The van der Waals surface area contributed by atoms with Crippen molar-refractivity contribution in [1.29, 1.82) is 0 Å². The Labute approximate surface area is 98.4 Å². The fourth-order valence-electron chi connectivity index (χ4n) is 1.83. The molecule has 1 aliphatic heterocycles. The van der Waals surface area contributed by atoms with Gasteiger partial charge in [-0.25, -0.2) is 4.79 Å². The molecule has 92 valence electrons. The van der Waals surface area contributed by atoms with Crippen LogP contribution in [0.15, 0.2) is 18.3 Å². The zero-order valence-electron chi connectivity index (χ0n) is 9.50. The van der Waals surface area contributed by atoms with E-state index in [9.17, 15) is 9.59 Å². The monoisotopic (exact) mass is 238 g/mol. The predicted molar refractivity (Wildman–Crippen MR) is 58.7 cm³/mol. The van der Waals surface area contributed by atoms with Crippen LogP contribution in [-0.4, -0.2) is 52.3 Å². The van der Waals surface area contributed by atoms with Gasteiger partial charge >= 0.3 is 5.97 Å². The van der Waals surface area contributed by atoms with Crippen molar-refractivity contribution in [1.82, 2.24) is 9.47 Å². The lowest BCUT2D eigenvalue weighted by Gasteiger charge is -2.30. The van der Waals surface area contributed by atoms with Crippen molar-refractivity contribution in [3.63, 3.8) is 0 Å². The lowest BCUT2D eigenvalue weighted by atomic mass is 10.2. The Morgan fingerprint density at radius 2 is 2.29 bits per heavy atom. The summed E-state index contributed by atoms with van der Waals surface area (Å²) in [7, 11) is 1.78. The summed E-state index contributed by atoms with van der Waals surface area (Å²) in [4.78, 5) is 24.4. The van der Waals surface area contributed by atoms with E-state index in [0.717, 1.165) is 0 Å². The Morgan fingerprint density at radius 1 is 1.53 bits per heavy atom. The highest BCUT2D eigenvalue weighted by Gasteiger charge is 2.30. The number of rotatable bonds is 2. The fourth-order valence-corrected chi connectivity index (χ4v) is 1.83. The van der Waals surface area contributed by atoms with E-state index in [0.29, 0.717) is 12.2 Å². The van der Waals surface area contributed by atoms with E-state index in [2.05, 4.69) is 0 Å². The van der Waals surface area contributed by atoms with Crippen LogP contribution in [-0.2, 0) is 16.6 Å². The maximum Gasteiger partial charge on any atom is 0.334 e. The fraction of sp³-hybridized carbons (Fsp3) is 0.455. The number of aliphatic carboxylic acids is 1. The molecule has 0 spiro atoms. The van der Waals surface area contributed by atoms with Crippen molar-refractivity contribution < 1.29 is 19.4 Å². The average Bonchev–Trinajstić information content (AvgIpc) is 2.74. The zero-order valence-corrected chi connectivity index (χ0v) is 9.50. The molecule has 2 heterocycles. The highest BCUT2D eigenvalue weighted by molar-refractivity contribution is 5.93. The number of morpholine rings is 1. The first-order valence-corrected chi connectivity index (χ1v) is 5.34. The van der Waals surface area contributed by atoms with Crippen LogP contribution < -0.4 is 0 Å². The number of amides is 1. The number of hydrogen-bond donors (Lipinski definition) is 1. The van der Waals surface area contributed by atoms with E-state index in [1.54, 1.807) is 29.9 Å². The number of carbonyl (C=O) groups excluding carboxylic acids is 1. The highest BCUT2D eigenvalue weighted by atomic mass is 16.5. The number of ether oxygens (including phenoxy) is 1. The molecule has 1 aromatic rings. The molecule has 0 bridgehead atoms. The van der Waals surface area contributed by atoms with Gasteiger partial charge in [-0.2, -0.15) is 0 Å². The Bertz CT molecular complexity index is 440. The molecule has 0 aromatic carbocycles. The van der Waals surface area contributed by atoms with Gasteiger partial charge in [-0.1, -0.05) is 0 Å². The van der Waals surface area contributed by atoms with Crippen LogP contribution in [0.2, 0.25) is 0 Å². The molecule has 6 nitrogen and oxygen atoms in total. The molecule has 0 aliphatic carbocycles. The van der Waals surface area contributed by atoms with E-state index in [1.807, 2.05) is 0 Å². The third-order valence-electron chi connectivity index (χ3n) is 2.79. The van der Waals surface area contributed by atoms with Gasteiger partial charge in [0, 0.05) is 19.8 Å². The van der Waals surface area contributed by atoms with Crippen molar-refractivity contribution in [3.05, 3.63) is 24.0 Å². The van der Waals surface area contributed by atoms with Crippen LogP contribution in [0.1, 0.15) is 10.5 Å². The summed E-state index contributed by atoms with van der Waals surface area (Å²) in [6.45, 7) is 0.778. The van der Waals surface area contributed by atoms with E-state index in [4.69, 9.17) is 9.84 Å². The third kappa shape index (κ3) is 2.31. The molecule has 1 N–H and O–H groups in total. The van der Waals surface area contributed by atoms with E-state index < -0.39 is 12.1 Å². The second-order valence-corrected chi connectivity index (χ2v) is 3.95. The molecule has 1 atom stereocenters. The molecule has 2 rings (SSSR count). The Hall–Kier alpha value is -1.82. The first-order valence-electron chi connectivity index (χ1n) is 5.34. The van der Waals surface area contributed by atoms with Crippen LogP contribution in [0, 0.1) is 0 Å². The first-order chi connectivity index (χ1) is 8.09. The predicted octanol–water partition coefficient (Wildman–Crippen LogP) is -0.0493. The quantitative estimate of drug-likeness (QED) is 0.784. The lowest BCUT2D eigenvalue weighted by molar-refractivity contribution is -0.154. The topological polar surface area (TPSA) is 71.8 Å². The number of carboxylic acids is 1. The van der Waals surface area contributed by atoms with Crippen LogP contribution in [0.25, 0.3) is 0 Å². The highest BCUT2D eigenvalue weighted by Crippen LogP contribution is 2.11. The number of aromatic nitrogens is 1. The number of aryl methyl sites for hydroxylation is 1. The summed E-state index contributed by atoms with van der Waals surface area (Å²) in [5.74, 6) is -1.19. The maximum absolute atomic E-state index is 12.1. The summed E-state index contributed by atoms with van der Waals surface area (Å²) >= 11 is 0. The minimum Gasteiger partial charge on any atom is -0.479 e. The lowest BCUT2D eigenvalue weighted by Crippen LogP contribution is -2.48. The summed E-state index contributed by atoms with van der Waals surface area (Å²) in [6, 6.07) is 3.50. The molecule has 1 aromatic heterocycles. The van der Waals surface area contributed by atoms with Crippen molar-refractivity contribution in [2.75, 3.05) is 19.7 Å². The summed E-state index contributed by atoms with van der Waals surface area (Å²) < 4.78 is 6.78. The minimum atomic E-state index is -1.03. The van der Waals surface area contributed by atoms with Crippen molar-refractivity contribution in [2.45, 2.75) is 6.10 Å². The largest absolute Gasteiger partial charge is 0.479 e. The number of carboxylic acid groups (broad SMARTS) is 1. The molecule has 1 fully saturated rings. The molecule has 1 unspecified atom stereocenters. The van der Waals surface area contributed by atoms with Crippen molar-refractivity contribution in [2.24, 2.45) is 7.05 Å². The molecule has 6 heteroatoms. The van der Waals surface area contributed by atoms with E-state index in [1.165, 1.54) is 4.90 Å². The molecule has 17 heavy (non-hydrogen) atoms. The van der Waals surface area contributed by atoms with Crippen LogP contribution in [0.3, 0.4) is 0 Å². The first kappa shape index (κ1) is 11.7. The third-order valence-corrected chi connectivity index (χ3v) is 2.79. The van der Waals surface area contributed by atoms with Crippen molar-refractivity contribution >= 4 is 11.9 Å². The van der Waals surface area contributed by atoms with Gasteiger partial charge in [0.05, 0.1) is 13.2 Å². The molecular formula is C11H14N2O4. The van der Waals surface area contributed by atoms with Gasteiger partial charge in [0.2, 0.25) is 0 Å². The molecule has 0 radical (unpaired) electrons. The summed E-state index contributed by atoms with van der Waals surface area (Å²) in [5.41, 5.74) is 0.552. The van der Waals surface area contributed by atoms with Crippen molar-refractivity contribution in [3.8, 4) is 0 Å². The standard InChI is InChI=1S/C11H14N2O4/c1-12-4-2-3-8(12)10(14)13-5-6-17-9(7-13)11(15)16/h2-4,9H,5-7H2,1H3,(H,15,16). The molecule has 0 saturated carbocycles. The van der Waals surface area contributed by atoms with Gasteiger partial charge in [-0.15, -0.1) is 0 Å². The smallest absolute Gasteiger partial charge is 0.334 e. The van der Waals surface area contributed by atoms with E-state index in [-0.39, 0.29) is 19.1 Å². The molecular weight excluding hydrogens is 224 g/mol. The summed E-state index contributed by atoms with van der Waals surface area (Å²) in [5, 5.41) is 8.85. The second kappa shape index (κ2) is 4.58. The molecule has 1 saturated heterocycles. The minimum absolute atomic E-state index is 0.0966. The zero-order chi connectivity index (χ0) is 12.4. The number of hydrogen-bond acceptors (Lipinski definition) is 3. The van der Waals surface area contributed by atoms with Crippen LogP contribution in [0.4, 0.5) is 0 Å². The van der Waals surface area contributed by atoms with Gasteiger partial charge in [-0.3, -0.25) is 4.79 Å². The van der Waals surface area contributed by atoms with Gasteiger partial charge in [0.25, 0.3) is 5.91 Å².